The third-order valence-corrected chi connectivity index (χ3v) is 8.17. The van der Waals surface area contributed by atoms with Crippen LogP contribution in [0.15, 0.2) is 48.0 Å². The molecular weight excluding hydrogens is 451 g/mol. The number of piperidine rings is 1. The number of benzene rings is 1. The van der Waals surface area contributed by atoms with Gasteiger partial charge in [0.2, 0.25) is 0 Å². The molecule has 2 N–H and O–H groups in total. The Morgan fingerprint density at radius 1 is 1.29 bits per heavy atom. The van der Waals surface area contributed by atoms with Gasteiger partial charge >= 0.3 is 0 Å². The molecule has 6 rings (SSSR count). The SMILES string of the molecule is CC12CN(CCc3nc4ccccc4[nH]3)CC1[C@@H]2c1nc(C(=O)NCc2ncccc2F)cs1. The Kier molecular flexibility index (Phi) is 5.18. The zero-order chi connectivity index (χ0) is 23.3. The van der Waals surface area contributed by atoms with Gasteiger partial charge in [0.05, 0.1) is 28.3 Å². The van der Waals surface area contributed by atoms with E-state index in [2.05, 4.69) is 43.1 Å². The summed E-state index contributed by atoms with van der Waals surface area (Å²) in [5, 5.41) is 5.55. The van der Waals surface area contributed by atoms with Crippen molar-refractivity contribution in [2.24, 2.45) is 11.3 Å². The van der Waals surface area contributed by atoms with Gasteiger partial charge in [-0.25, -0.2) is 14.4 Å². The largest absolute Gasteiger partial charge is 0.345 e. The van der Waals surface area contributed by atoms with Crippen molar-refractivity contribution in [3.63, 3.8) is 0 Å². The molecule has 0 radical (unpaired) electrons. The maximum Gasteiger partial charge on any atom is 0.271 e. The molecule has 4 heterocycles. The topological polar surface area (TPSA) is 86.8 Å². The highest BCUT2D eigenvalue weighted by Crippen LogP contribution is 2.68. The number of imidazole rings is 1. The van der Waals surface area contributed by atoms with Gasteiger partial charge in [-0.1, -0.05) is 19.1 Å². The van der Waals surface area contributed by atoms with E-state index >= 15 is 0 Å². The molecule has 1 aliphatic carbocycles. The molecule has 3 aromatic heterocycles. The van der Waals surface area contributed by atoms with Crippen molar-refractivity contribution >= 4 is 28.3 Å². The Balaban J connectivity index is 1.03. The van der Waals surface area contributed by atoms with Crippen molar-refractivity contribution in [2.45, 2.75) is 25.8 Å². The summed E-state index contributed by atoms with van der Waals surface area (Å²) in [5.41, 5.74) is 2.92. The maximum atomic E-state index is 13.7. The first-order valence-electron chi connectivity index (χ1n) is 11.5. The standard InChI is InChI=1S/C25H25FN6OS/c1-25-14-32(10-8-21-29-17-6-2-3-7-18(17)30-21)12-15(25)22(25)24-31-20(13-34-24)23(33)28-11-19-16(26)5-4-9-27-19/h2-7,9,13,15,22H,8,10-12,14H2,1H3,(H,28,33)(H,29,30)/t15?,22-,25?/m1/s1. The van der Waals surface area contributed by atoms with E-state index in [1.807, 2.05) is 18.2 Å². The van der Waals surface area contributed by atoms with Crippen LogP contribution in [0.25, 0.3) is 11.0 Å². The van der Waals surface area contributed by atoms with E-state index < -0.39 is 5.82 Å². The number of hydrogen-bond donors (Lipinski definition) is 2. The van der Waals surface area contributed by atoms with Gasteiger partial charge in [0.25, 0.3) is 5.91 Å². The lowest BCUT2D eigenvalue weighted by Crippen LogP contribution is -2.28. The summed E-state index contributed by atoms with van der Waals surface area (Å²) in [6.07, 6.45) is 2.42. The predicted molar refractivity (Wildman–Crippen MR) is 128 cm³/mol. The smallest absolute Gasteiger partial charge is 0.271 e. The molecule has 1 saturated carbocycles. The minimum Gasteiger partial charge on any atom is -0.345 e. The second-order valence-corrected chi connectivity index (χ2v) is 10.4. The number of halogens is 1. The van der Waals surface area contributed by atoms with E-state index in [9.17, 15) is 9.18 Å². The highest BCUT2D eigenvalue weighted by atomic mass is 32.1. The van der Waals surface area contributed by atoms with E-state index in [1.165, 1.54) is 18.3 Å². The number of aromatic nitrogens is 4. The van der Waals surface area contributed by atoms with Crippen LogP contribution in [0.1, 0.15) is 39.9 Å². The number of hydrogen-bond acceptors (Lipinski definition) is 6. The van der Waals surface area contributed by atoms with Crippen molar-refractivity contribution in [3.05, 3.63) is 76.0 Å². The van der Waals surface area contributed by atoms with Crippen molar-refractivity contribution in [1.29, 1.82) is 0 Å². The maximum absolute atomic E-state index is 13.7. The van der Waals surface area contributed by atoms with Crippen LogP contribution >= 0.6 is 11.3 Å². The molecule has 1 saturated heterocycles. The van der Waals surface area contributed by atoms with Gasteiger partial charge in [-0.3, -0.25) is 9.78 Å². The molecule has 174 valence electrons. The molecule has 2 aliphatic rings. The molecule has 9 heteroatoms. The molecule has 34 heavy (non-hydrogen) atoms. The zero-order valence-electron chi connectivity index (χ0n) is 18.8. The summed E-state index contributed by atoms with van der Waals surface area (Å²) in [6, 6.07) is 11.0. The molecule has 0 spiro atoms. The van der Waals surface area contributed by atoms with E-state index in [4.69, 9.17) is 0 Å². The number of carbonyl (C=O) groups excluding carboxylic acids is 1. The van der Waals surface area contributed by atoms with Gasteiger partial charge in [0.15, 0.2) is 0 Å². The summed E-state index contributed by atoms with van der Waals surface area (Å²) in [7, 11) is 0. The quantitative estimate of drug-likeness (QED) is 0.424. The van der Waals surface area contributed by atoms with Crippen LogP contribution in [0.5, 0.6) is 0 Å². The molecule has 7 nitrogen and oxygen atoms in total. The molecule has 0 bridgehead atoms. The Labute approximate surface area is 200 Å². The third-order valence-electron chi connectivity index (χ3n) is 7.24. The number of thiazole rings is 1. The molecule has 3 atom stereocenters. The highest BCUT2D eigenvalue weighted by molar-refractivity contribution is 7.10. The summed E-state index contributed by atoms with van der Waals surface area (Å²) < 4.78 is 13.7. The van der Waals surface area contributed by atoms with Crippen LogP contribution < -0.4 is 5.32 Å². The molecule has 2 fully saturated rings. The number of carbonyl (C=O) groups is 1. The van der Waals surface area contributed by atoms with Crippen molar-refractivity contribution in [2.75, 3.05) is 19.6 Å². The number of likely N-dealkylation sites (tertiary alicyclic amines) is 1. The lowest BCUT2D eigenvalue weighted by atomic mass is 10.1. The van der Waals surface area contributed by atoms with E-state index in [1.54, 1.807) is 16.7 Å². The lowest BCUT2D eigenvalue weighted by molar-refractivity contribution is 0.0945. The number of amides is 1. The summed E-state index contributed by atoms with van der Waals surface area (Å²) in [6.45, 7) is 5.43. The number of rotatable bonds is 7. The molecular formula is C25H25FN6OS. The number of nitrogens with zero attached hydrogens (tertiary/aromatic N) is 4. The van der Waals surface area contributed by atoms with Crippen LogP contribution in [0.3, 0.4) is 0 Å². The third kappa shape index (κ3) is 3.78. The van der Waals surface area contributed by atoms with Crippen molar-refractivity contribution in [1.82, 2.24) is 30.2 Å². The Hall–Kier alpha value is -3.17. The predicted octanol–water partition coefficient (Wildman–Crippen LogP) is 3.76. The normalized spacial score (nSPS) is 23.8. The number of fused-ring (bicyclic) bond motifs is 2. The van der Waals surface area contributed by atoms with E-state index in [0.29, 0.717) is 17.5 Å². The summed E-state index contributed by atoms with van der Waals surface area (Å²) >= 11 is 1.55. The van der Waals surface area contributed by atoms with Gasteiger partial charge in [-0.2, -0.15) is 0 Å². The fourth-order valence-electron chi connectivity index (χ4n) is 5.37. The Bertz CT molecular complexity index is 1340. The van der Waals surface area contributed by atoms with Gasteiger partial charge in [-0.15, -0.1) is 11.3 Å². The molecule has 1 aromatic carbocycles. The molecule has 4 aromatic rings. The first kappa shape index (κ1) is 21.4. The molecule has 1 amide bonds. The van der Waals surface area contributed by atoms with Gasteiger partial charge < -0.3 is 15.2 Å². The van der Waals surface area contributed by atoms with Crippen LogP contribution in [-0.4, -0.2) is 50.4 Å². The molecule has 2 unspecified atom stereocenters. The average Bonchev–Trinajstić information content (AvgIpc) is 3.32. The van der Waals surface area contributed by atoms with Gasteiger partial charge in [-0.05, 0) is 35.6 Å². The number of pyridine rings is 1. The fraction of sp³-hybridized carbons (Fsp3) is 0.360. The number of para-hydroxylation sites is 2. The minimum absolute atomic E-state index is 0.0440. The van der Waals surface area contributed by atoms with Gasteiger partial charge in [0.1, 0.15) is 17.3 Å². The second kappa shape index (κ2) is 8.25. The van der Waals surface area contributed by atoms with Crippen molar-refractivity contribution < 1.29 is 9.18 Å². The van der Waals surface area contributed by atoms with Gasteiger partial charge in [0, 0.05) is 43.5 Å². The van der Waals surface area contributed by atoms with E-state index in [0.717, 1.165) is 47.9 Å². The minimum atomic E-state index is -0.426. The van der Waals surface area contributed by atoms with Crippen LogP contribution in [0, 0.1) is 17.2 Å². The Morgan fingerprint density at radius 3 is 2.97 bits per heavy atom. The van der Waals surface area contributed by atoms with Crippen LogP contribution in [0.2, 0.25) is 0 Å². The highest BCUT2D eigenvalue weighted by Gasteiger charge is 2.67. The number of aromatic amines is 1. The first-order chi connectivity index (χ1) is 16.5. The lowest BCUT2D eigenvalue weighted by Gasteiger charge is -2.20. The zero-order valence-corrected chi connectivity index (χ0v) is 19.6. The monoisotopic (exact) mass is 476 g/mol. The number of nitrogens with one attached hydrogen (secondary N) is 2. The number of H-pyrrole nitrogens is 1. The Morgan fingerprint density at radius 2 is 2.18 bits per heavy atom. The fourth-order valence-corrected chi connectivity index (χ4v) is 6.49. The average molecular weight is 477 g/mol. The summed E-state index contributed by atoms with van der Waals surface area (Å²) in [4.78, 5) is 31.7. The second-order valence-electron chi connectivity index (χ2n) is 9.46. The summed E-state index contributed by atoms with van der Waals surface area (Å²) in [5.74, 6) is 1.27. The molecule has 1 aliphatic heterocycles. The van der Waals surface area contributed by atoms with Crippen LogP contribution in [0.4, 0.5) is 4.39 Å². The van der Waals surface area contributed by atoms with Crippen molar-refractivity contribution in [3.8, 4) is 0 Å². The van der Waals surface area contributed by atoms with Crippen LogP contribution in [-0.2, 0) is 13.0 Å². The first-order valence-corrected chi connectivity index (χ1v) is 12.4. The van der Waals surface area contributed by atoms with E-state index in [-0.39, 0.29) is 23.6 Å².